The molecule has 0 spiro atoms. The lowest BCUT2D eigenvalue weighted by Crippen LogP contribution is -2.45. The average Bonchev–Trinajstić information content (AvgIpc) is 3.34. The number of nitrogens with one attached hydrogen (secondary N) is 1. The van der Waals surface area contributed by atoms with E-state index in [2.05, 4.69) is 10.3 Å². The van der Waals surface area contributed by atoms with Gasteiger partial charge in [0.1, 0.15) is 0 Å². The fourth-order valence-corrected chi connectivity index (χ4v) is 4.04. The molecule has 160 valence electrons. The number of benzene rings is 2. The molecule has 1 fully saturated rings. The van der Waals surface area contributed by atoms with Crippen LogP contribution in [0.1, 0.15) is 41.7 Å². The molecule has 1 aliphatic rings. The molecule has 4 rings (SSSR count). The van der Waals surface area contributed by atoms with Crippen molar-refractivity contribution in [1.82, 2.24) is 19.8 Å². The quantitative estimate of drug-likeness (QED) is 0.650. The number of likely N-dealkylation sites (tertiary alicyclic amines) is 1. The Kier molecular flexibility index (Phi) is 6.37. The SMILES string of the molecule is C[C@H](NC(=O)[C@@H]1CCCN(C(=O)c2ccc(Cl)cc2)C1)c1ccc(-n2ccnc2)cc1. The van der Waals surface area contributed by atoms with Crippen molar-refractivity contribution < 1.29 is 9.59 Å². The van der Waals surface area contributed by atoms with Gasteiger partial charge in [0.15, 0.2) is 0 Å². The summed E-state index contributed by atoms with van der Waals surface area (Å²) in [7, 11) is 0. The first kappa shape index (κ1) is 21.1. The summed E-state index contributed by atoms with van der Waals surface area (Å²) in [6, 6.07) is 14.8. The molecule has 7 heteroatoms. The van der Waals surface area contributed by atoms with Crippen molar-refractivity contribution in [2.24, 2.45) is 5.92 Å². The van der Waals surface area contributed by atoms with E-state index >= 15 is 0 Å². The van der Waals surface area contributed by atoms with Crippen LogP contribution in [0.15, 0.2) is 67.3 Å². The zero-order chi connectivity index (χ0) is 21.8. The summed E-state index contributed by atoms with van der Waals surface area (Å²) >= 11 is 5.92. The highest BCUT2D eigenvalue weighted by atomic mass is 35.5. The van der Waals surface area contributed by atoms with Gasteiger partial charge in [-0.3, -0.25) is 9.59 Å². The number of carbonyl (C=O) groups excluding carboxylic acids is 2. The van der Waals surface area contributed by atoms with Crippen molar-refractivity contribution in [3.05, 3.63) is 83.4 Å². The Bertz CT molecular complexity index is 1030. The molecule has 1 N–H and O–H groups in total. The molecule has 1 aromatic heterocycles. The Labute approximate surface area is 186 Å². The number of hydrogen-bond acceptors (Lipinski definition) is 3. The van der Waals surface area contributed by atoms with Crippen molar-refractivity contribution in [3.8, 4) is 5.69 Å². The predicted molar refractivity (Wildman–Crippen MR) is 120 cm³/mol. The third-order valence-corrected chi connectivity index (χ3v) is 5.98. The Hall–Kier alpha value is -3.12. The van der Waals surface area contributed by atoms with Crippen molar-refractivity contribution in [2.45, 2.75) is 25.8 Å². The number of piperidine rings is 1. The summed E-state index contributed by atoms with van der Waals surface area (Å²) in [5, 5.41) is 3.71. The number of halogens is 1. The van der Waals surface area contributed by atoms with Crippen LogP contribution < -0.4 is 5.32 Å². The van der Waals surface area contributed by atoms with Gasteiger partial charge in [-0.25, -0.2) is 4.98 Å². The van der Waals surface area contributed by atoms with E-state index in [1.54, 1.807) is 41.7 Å². The fraction of sp³-hybridized carbons (Fsp3) is 0.292. The highest BCUT2D eigenvalue weighted by Crippen LogP contribution is 2.22. The zero-order valence-electron chi connectivity index (χ0n) is 17.4. The van der Waals surface area contributed by atoms with E-state index < -0.39 is 0 Å². The van der Waals surface area contributed by atoms with Crippen LogP contribution >= 0.6 is 11.6 Å². The highest BCUT2D eigenvalue weighted by Gasteiger charge is 2.29. The van der Waals surface area contributed by atoms with Gasteiger partial charge in [-0.1, -0.05) is 23.7 Å². The fourth-order valence-electron chi connectivity index (χ4n) is 3.91. The van der Waals surface area contributed by atoms with Crippen molar-refractivity contribution in [2.75, 3.05) is 13.1 Å². The average molecular weight is 437 g/mol. The summed E-state index contributed by atoms with van der Waals surface area (Å²) in [6.07, 6.45) is 6.97. The molecule has 2 aromatic carbocycles. The Morgan fingerprint density at radius 1 is 1.13 bits per heavy atom. The summed E-state index contributed by atoms with van der Waals surface area (Å²) in [4.78, 5) is 31.5. The molecule has 1 saturated heterocycles. The molecule has 0 radical (unpaired) electrons. The zero-order valence-corrected chi connectivity index (χ0v) is 18.1. The second-order valence-electron chi connectivity index (χ2n) is 7.89. The first-order valence-corrected chi connectivity index (χ1v) is 10.8. The molecule has 2 amide bonds. The van der Waals surface area contributed by atoms with Gasteiger partial charge in [0.25, 0.3) is 5.91 Å². The lowest BCUT2D eigenvalue weighted by Gasteiger charge is -2.32. The van der Waals surface area contributed by atoms with Gasteiger partial charge in [-0.15, -0.1) is 0 Å². The maximum Gasteiger partial charge on any atom is 0.253 e. The van der Waals surface area contributed by atoms with Gasteiger partial charge in [0.2, 0.25) is 5.91 Å². The van der Waals surface area contributed by atoms with Gasteiger partial charge >= 0.3 is 0 Å². The molecule has 0 bridgehead atoms. The number of amides is 2. The van der Waals surface area contributed by atoms with Crippen LogP contribution in [0, 0.1) is 5.92 Å². The molecule has 6 nitrogen and oxygen atoms in total. The van der Waals surface area contributed by atoms with Crippen LogP contribution in [0.4, 0.5) is 0 Å². The van der Waals surface area contributed by atoms with Crippen LogP contribution in [0.3, 0.4) is 0 Å². The van der Waals surface area contributed by atoms with E-state index in [1.165, 1.54) is 0 Å². The normalized spacial score (nSPS) is 17.2. The summed E-state index contributed by atoms with van der Waals surface area (Å²) in [5.74, 6) is -0.283. The standard InChI is InChI=1S/C24H25ClN4O2/c1-17(18-6-10-22(11-7-18)29-14-12-26-16-29)27-23(30)20-3-2-13-28(15-20)24(31)19-4-8-21(25)9-5-19/h4-12,14,16-17,20H,2-3,13,15H2,1H3,(H,27,30)/t17-,20+/m0/s1. The van der Waals surface area contributed by atoms with E-state index in [1.807, 2.05) is 42.0 Å². The topological polar surface area (TPSA) is 67.2 Å². The number of carbonyl (C=O) groups is 2. The van der Waals surface area contributed by atoms with E-state index in [-0.39, 0.29) is 23.8 Å². The first-order chi connectivity index (χ1) is 15.0. The maximum absolute atomic E-state index is 12.9. The molecule has 2 heterocycles. The Balaban J connectivity index is 1.36. The van der Waals surface area contributed by atoms with Gasteiger partial charge in [-0.2, -0.15) is 0 Å². The molecule has 0 unspecified atom stereocenters. The third-order valence-electron chi connectivity index (χ3n) is 5.72. The Morgan fingerprint density at radius 2 is 1.87 bits per heavy atom. The second-order valence-corrected chi connectivity index (χ2v) is 8.33. The summed E-state index contributed by atoms with van der Waals surface area (Å²) in [6.45, 7) is 3.07. The third kappa shape index (κ3) is 4.97. The first-order valence-electron chi connectivity index (χ1n) is 10.4. The summed E-state index contributed by atoms with van der Waals surface area (Å²) < 4.78 is 1.93. The minimum Gasteiger partial charge on any atom is -0.349 e. The van der Waals surface area contributed by atoms with Crippen molar-refractivity contribution in [3.63, 3.8) is 0 Å². The molecular formula is C24H25ClN4O2. The minimum atomic E-state index is -0.210. The van der Waals surface area contributed by atoms with Crippen LogP contribution in [-0.2, 0) is 4.79 Å². The van der Waals surface area contributed by atoms with E-state index in [0.717, 1.165) is 24.1 Å². The van der Waals surface area contributed by atoms with E-state index in [4.69, 9.17) is 11.6 Å². The molecule has 0 saturated carbocycles. The number of nitrogens with zero attached hydrogens (tertiary/aromatic N) is 3. The number of rotatable bonds is 5. The largest absolute Gasteiger partial charge is 0.349 e. The van der Waals surface area contributed by atoms with Gasteiger partial charge < -0.3 is 14.8 Å². The van der Waals surface area contributed by atoms with Crippen molar-refractivity contribution in [1.29, 1.82) is 0 Å². The lowest BCUT2D eigenvalue weighted by atomic mass is 9.95. The number of hydrogen-bond donors (Lipinski definition) is 1. The lowest BCUT2D eigenvalue weighted by molar-refractivity contribution is -0.127. The smallest absolute Gasteiger partial charge is 0.253 e. The van der Waals surface area contributed by atoms with Gasteiger partial charge in [0.05, 0.1) is 18.3 Å². The molecule has 31 heavy (non-hydrogen) atoms. The predicted octanol–water partition coefficient (Wildman–Crippen LogP) is 4.26. The molecule has 3 aromatic rings. The molecule has 2 atom stereocenters. The second kappa shape index (κ2) is 9.35. The highest BCUT2D eigenvalue weighted by molar-refractivity contribution is 6.30. The molecular weight excluding hydrogens is 412 g/mol. The Morgan fingerprint density at radius 3 is 2.55 bits per heavy atom. The van der Waals surface area contributed by atoms with Gasteiger partial charge in [-0.05, 0) is 61.7 Å². The minimum absolute atomic E-state index is 0.0141. The van der Waals surface area contributed by atoms with Crippen LogP contribution in [0.25, 0.3) is 5.69 Å². The van der Waals surface area contributed by atoms with Crippen LogP contribution in [-0.4, -0.2) is 39.4 Å². The number of aromatic nitrogens is 2. The van der Waals surface area contributed by atoms with E-state index in [9.17, 15) is 9.59 Å². The maximum atomic E-state index is 12.9. The van der Waals surface area contributed by atoms with Crippen LogP contribution in [0.5, 0.6) is 0 Å². The van der Waals surface area contributed by atoms with Crippen LogP contribution in [0.2, 0.25) is 5.02 Å². The van der Waals surface area contributed by atoms with E-state index in [0.29, 0.717) is 23.7 Å². The van der Waals surface area contributed by atoms with Crippen molar-refractivity contribution >= 4 is 23.4 Å². The molecule has 0 aliphatic carbocycles. The number of imidazole rings is 1. The monoisotopic (exact) mass is 436 g/mol. The van der Waals surface area contributed by atoms with Gasteiger partial charge in [0, 0.05) is 41.8 Å². The molecule has 1 aliphatic heterocycles. The summed E-state index contributed by atoms with van der Waals surface area (Å²) in [5.41, 5.74) is 2.64.